The topological polar surface area (TPSA) is 0 Å². The summed E-state index contributed by atoms with van der Waals surface area (Å²) in [6.45, 7) is 4.40. The molecule has 2 aliphatic rings. The molecule has 1 unspecified atom stereocenters. The Bertz CT molecular complexity index is 509. The third-order valence-corrected chi connectivity index (χ3v) is 3.67. The van der Waals surface area contributed by atoms with E-state index in [-0.39, 0.29) is 0 Å². The molecule has 0 aliphatic heterocycles. The zero-order chi connectivity index (χ0) is 11.1. The van der Waals surface area contributed by atoms with Crippen LogP contribution in [0.1, 0.15) is 30.4 Å². The molecular weight excluding hydrogens is 192 g/mol. The Morgan fingerprint density at radius 3 is 2.56 bits per heavy atom. The van der Waals surface area contributed by atoms with Gasteiger partial charge < -0.3 is 0 Å². The Labute approximate surface area is 97.0 Å². The van der Waals surface area contributed by atoms with Gasteiger partial charge in [-0.3, -0.25) is 0 Å². The van der Waals surface area contributed by atoms with Crippen LogP contribution in [0.4, 0.5) is 0 Å². The largest absolute Gasteiger partial charge is 0.0648 e. The smallest absolute Gasteiger partial charge is 0.0133 e. The van der Waals surface area contributed by atoms with E-state index in [2.05, 4.69) is 56.3 Å². The Kier molecular flexibility index (Phi) is 2.10. The number of hydrogen-bond donors (Lipinski definition) is 0. The van der Waals surface area contributed by atoms with Crippen LogP contribution in [0.15, 0.2) is 59.2 Å². The van der Waals surface area contributed by atoms with E-state index in [4.69, 9.17) is 0 Å². The Balaban J connectivity index is 1.98. The summed E-state index contributed by atoms with van der Waals surface area (Å²) in [6, 6.07) is 8.97. The number of benzene rings is 1. The fourth-order valence-corrected chi connectivity index (χ4v) is 2.75. The minimum absolute atomic E-state index is 0.589. The van der Waals surface area contributed by atoms with Crippen LogP contribution < -0.4 is 0 Å². The van der Waals surface area contributed by atoms with Gasteiger partial charge in [-0.2, -0.15) is 0 Å². The molecule has 0 nitrogen and oxygen atoms in total. The molecule has 1 aromatic rings. The van der Waals surface area contributed by atoms with Gasteiger partial charge in [0.25, 0.3) is 0 Å². The van der Waals surface area contributed by atoms with Crippen molar-refractivity contribution in [1.29, 1.82) is 0 Å². The van der Waals surface area contributed by atoms with E-state index < -0.39 is 0 Å². The molecular formula is C16H16. The molecule has 3 rings (SSSR count). The van der Waals surface area contributed by atoms with Gasteiger partial charge in [0.05, 0.1) is 0 Å². The van der Waals surface area contributed by atoms with Crippen LogP contribution >= 0.6 is 0 Å². The normalized spacial score (nSPS) is 22.6. The molecule has 1 atom stereocenters. The van der Waals surface area contributed by atoms with E-state index in [0.717, 1.165) is 0 Å². The monoisotopic (exact) mass is 208 g/mol. The van der Waals surface area contributed by atoms with E-state index >= 15 is 0 Å². The van der Waals surface area contributed by atoms with Gasteiger partial charge in [0, 0.05) is 5.92 Å². The van der Waals surface area contributed by atoms with Gasteiger partial charge in [-0.25, -0.2) is 0 Å². The zero-order valence-corrected chi connectivity index (χ0v) is 9.83. The van der Waals surface area contributed by atoms with E-state index in [1.807, 2.05) is 0 Å². The summed E-state index contributed by atoms with van der Waals surface area (Å²) in [5.74, 6) is 0.589. The van der Waals surface area contributed by atoms with Crippen molar-refractivity contribution in [3.63, 3.8) is 0 Å². The van der Waals surface area contributed by atoms with Gasteiger partial charge in [-0.05, 0) is 37.0 Å². The van der Waals surface area contributed by atoms with E-state index in [0.29, 0.717) is 5.92 Å². The first-order chi connectivity index (χ1) is 7.75. The first kappa shape index (κ1) is 9.65. The molecule has 0 heterocycles. The van der Waals surface area contributed by atoms with Crippen LogP contribution in [0.25, 0.3) is 0 Å². The summed E-state index contributed by atoms with van der Waals surface area (Å²) in [6.07, 6.45) is 7.89. The molecule has 0 aromatic heterocycles. The Morgan fingerprint density at radius 1 is 1.06 bits per heavy atom. The minimum atomic E-state index is 0.589. The van der Waals surface area contributed by atoms with Crippen molar-refractivity contribution in [2.24, 2.45) is 0 Å². The summed E-state index contributed by atoms with van der Waals surface area (Å²) < 4.78 is 0. The van der Waals surface area contributed by atoms with Gasteiger partial charge >= 0.3 is 0 Å². The lowest BCUT2D eigenvalue weighted by Gasteiger charge is -2.13. The van der Waals surface area contributed by atoms with Gasteiger partial charge in [0.2, 0.25) is 0 Å². The van der Waals surface area contributed by atoms with Crippen molar-refractivity contribution < 1.29 is 0 Å². The number of hydrogen-bond acceptors (Lipinski definition) is 0. The SMILES string of the molecule is CC1=C2C=CC=C2C(c2ccc(C)cc2)C1. The quantitative estimate of drug-likeness (QED) is 0.645. The van der Waals surface area contributed by atoms with Gasteiger partial charge in [0.1, 0.15) is 0 Å². The molecule has 0 fully saturated rings. The van der Waals surface area contributed by atoms with Gasteiger partial charge in [-0.15, -0.1) is 0 Å². The highest BCUT2D eigenvalue weighted by atomic mass is 14.3. The maximum atomic E-state index is 2.27. The van der Waals surface area contributed by atoms with Gasteiger partial charge in [0.15, 0.2) is 0 Å². The summed E-state index contributed by atoms with van der Waals surface area (Å²) in [4.78, 5) is 0. The number of fused-ring (bicyclic) bond motifs is 1. The highest BCUT2D eigenvalue weighted by molar-refractivity contribution is 5.59. The zero-order valence-electron chi connectivity index (χ0n) is 9.83. The van der Waals surface area contributed by atoms with E-state index in [1.165, 1.54) is 34.3 Å². The molecule has 0 amide bonds. The number of rotatable bonds is 1. The van der Waals surface area contributed by atoms with Crippen molar-refractivity contribution in [2.75, 3.05) is 0 Å². The van der Waals surface area contributed by atoms with Crippen molar-refractivity contribution in [2.45, 2.75) is 26.2 Å². The summed E-state index contributed by atoms with van der Waals surface area (Å²) >= 11 is 0. The predicted octanol–water partition coefficient (Wildman–Crippen LogP) is 4.30. The average molecular weight is 208 g/mol. The highest BCUT2D eigenvalue weighted by Gasteiger charge is 2.28. The summed E-state index contributed by atoms with van der Waals surface area (Å²) in [5, 5.41) is 0. The van der Waals surface area contributed by atoms with Crippen LogP contribution in [0.5, 0.6) is 0 Å². The number of allylic oxidation sites excluding steroid dienone is 6. The standard InChI is InChI=1S/C16H16/c1-11-6-8-13(9-7-11)16-10-12(2)14-4-3-5-15(14)16/h3-9,16H,10H2,1-2H3. The second kappa shape index (κ2) is 3.48. The van der Waals surface area contributed by atoms with E-state index in [9.17, 15) is 0 Å². The molecule has 1 aromatic carbocycles. The fraction of sp³-hybridized carbons (Fsp3) is 0.250. The molecule has 0 saturated heterocycles. The van der Waals surface area contributed by atoms with Crippen molar-refractivity contribution >= 4 is 0 Å². The maximum absolute atomic E-state index is 2.27. The van der Waals surface area contributed by atoms with Gasteiger partial charge in [-0.1, -0.05) is 53.6 Å². The lowest BCUT2D eigenvalue weighted by atomic mass is 9.91. The summed E-state index contributed by atoms with van der Waals surface area (Å²) in [7, 11) is 0. The number of aryl methyl sites for hydroxylation is 1. The third-order valence-electron chi connectivity index (χ3n) is 3.67. The van der Waals surface area contributed by atoms with Crippen LogP contribution in [0, 0.1) is 6.92 Å². The summed E-state index contributed by atoms with van der Waals surface area (Å²) in [5.41, 5.74) is 7.32. The lowest BCUT2D eigenvalue weighted by molar-refractivity contribution is 0.838. The second-order valence-electron chi connectivity index (χ2n) is 4.84. The third kappa shape index (κ3) is 1.37. The lowest BCUT2D eigenvalue weighted by Crippen LogP contribution is -1.96. The average Bonchev–Trinajstić information content (AvgIpc) is 2.84. The van der Waals surface area contributed by atoms with Crippen LogP contribution in [-0.2, 0) is 0 Å². The molecule has 0 saturated carbocycles. The van der Waals surface area contributed by atoms with Crippen LogP contribution in [0.2, 0.25) is 0 Å². The molecule has 0 bridgehead atoms. The molecule has 0 spiro atoms. The first-order valence-electron chi connectivity index (χ1n) is 5.90. The fourth-order valence-electron chi connectivity index (χ4n) is 2.75. The predicted molar refractivity (Wildman–Crippen MR) is 68.5 cm³/mol. The molecule has 0 heteroatoms. The molecule has 80 valence electrons. The van der Waals surface area contributed by atoms with Crippen molar-refractivity contribution in [3.05, 3.63) is 70.3 Å². The first-order valence-corrected chi connectivity index (χ1v) is 5.90. The van der Waals surface area contributed by atoms with Crippen molar-refractivity contribution in [1.82, 2.24) is 0 Å². The highest BCUT2D eigenvalue weighted by Crippen LogP contribution is 2.45. The van der Waals surface area contributed by atoms with Crippen molar-refractivity contribution in [3.8, 4) is 0 Å². The second-order valence-corrected chi connectivity index (χ2v) is 4.84. The minimum Gasteiger partial charge on any atom is -0.0648 e. The van der Waals surface area contributed by atoms with Crippen LogP contribution in [0.3, 0.4) is 0 Å². The maximum Gasteiger partial charge on any atom is 0.0133 e. The Morgan fingerprint density at radius 2 is 1.81 bits per heavy atom. The molecule has 2 aliphatic carbocycles. The molecule has 0 radical (unpaired) electrons. The van der Waals surface area contributed by atoms with E-state index in [1.54, 1.807) is 0 Å². The molecule has 16 heavy (non-hydrogen) atoms. The van der Waals surface area contributed by atoms with Crippen LogP contribution in [-0.4, -0.2) is 0 Å². The molecule has 0 N–H and O–H groups in total. The Hall–Kier alpha value is -1.56.